The molecule has 3 atom stereocenters. The number of likely N-dealkylation sites (tertiary alicyclic amines) is 2. The summed E-state index contributed by atoms with van der Waals surface area (Å²) in [5.74, 6) is -1.93. The van der Waals surface area contributed by atoms with Crippen molar-refractivity contribution >= 4 is 23.6 Å². The summed E-state index contributed by atoms with van der Waals surface area (Å²) in [7, 11) is 0. The monoisotopic (exact) mass is 462 g/mol. The Balaban J connectivity index is 1.27. The first-order valence-corrected chi connectivity index (χ1v) is 12.9. The van der Waals surface area contributed by atoms with E-state index in [1.165, 1.54) is 22.6 Å². The Morgan fingerprint density at radius 1 is 0.727 bits per heavy atom. The summed E-state index contributed by atoms with van der Waals surface area (Å²) < 4.78 is 11.9. The highest BCUT2D eigenvalue weighted by Crippen LogP contribution is 2.28. The first-order chi connectivity index (χ1) is 15.9. The van der Waals surface area contributed by atoms with E-state index in [0.29, 0.717) is 0 Å². The van der Waals surface area contributed by atoms with Crippen molar-refractivity contribution in [1.29, 1.82) is 0 Å². The van der Waals surface area contributed by atoms with Gasteiger partial charge in [0.15, 0.2) is 0 Å². The molecular formula is C25H38N2O6. The molecular weight excluding hydrogens is 424 g/mol. The Bertz CT molecular complexity index is 743. The van der Waals surface area contributed by atoms with Gasteiger partial charge in [-0.15, -0.1) is 0 Å². The van der Waals surface area contributed by atoms with Crippen LogP contribution in [0.2, 0.25) is 0 Å². The maximum Gasteiger partial charge on any atom is 0.235 e. The lowest BCUT2D eigenvalue weighted by molar-refractivity contribution is -0.148. The first-order valence-electron chi connectivity index (χ1n) is 12.9. The number of nitrogens with zero attached hydrogens (tertiary/aromatic N) is 2. The van der Waals surface area contributed by atoms with Crippen LogP contribution in [0.5, 0.6) is 0 Å². The second kappa shape index (κ2) is 11.1. The van der Waals surface area contributed by atoms with Crippen LogP contribution in [0, 0.1) is 11.8 Å². The van der Waals surface area contributed by atoms with Crippen LogP contribution in [0.3, 0.4) is 0 Å². The average molecular weight is 463 g/mol. The lowest BCUT2D eigenvalue weighted by Gasteiger charge is -2.27. The van der Waals surface area contributed by atoms with Crippen LogP contribution in [-0.4, -0.2) is 71.4 Å². The van der Waals surface area contributed by atoms with Crippen molar-refractivity contribution in [3.63, 3.8) is 0 Å². The summed E-state index contributed by atoms with van der Waals surface area (Å²) in [4.78, 5) is 53.4. The summed E-state index contributed by atoms with van der Waals surface area (Å²) >= 11 is 0. The fraction of sp³-hybridized carbons (Fsp3) is 0.840. The number of hydrogen-bond acceptors (Lipinski definition) is 6. The quantitative estimate of drug-likeness (QED) is 0.489. The van der Waals surface area contributed by atoms with E-state index in [2.05, 4.69) is 0 Å². The van der Waals surface area contributed by atoms with E-state index >= 15 is 0 Å². The first kappa shape index (κ1) is 24.3. The summed E-state index contributed by atoms with van der Waals surface area (Å²) in [6.45, 7) is 2.31. The third-order valence-corrected chi connectivity index (χ3v) is 7.67. The average Bonchev–Trinajstić information content (AvgIpc) is 3.26. The second-order valence-corrected chi connectivity index (χ2v) is 10.3. The largest absolute Gasteiger partial charge is 0.377 e. The molecule has 0 aromatic rings. The van der Waals surface area contributed by atoms with Crippen LogP contribution in [0.25, 0.3) is 0 Å². The Morgan fingerprint density at radius 2 is 1.21 bits per heavy atom. The van der Waals surface area contributed by atoms with Gasteiger partial charge in [0, 0.05) is 19.4 Å². The second-order valence-electron chi connectivity index (χ2n) is 10.3. The Hall–Kier alpha value is -1.80. The Labute approximate surface area is 196 Å². The Kier molecular flexibility index (Phi) is 8.17. The van der Waals surface area contributed by atoms with Gasteiger partial charge in [-0.3, -0.25) is 29.0 Å². The zero-order valence-corrected chi connectivity index (χ0v) is 19.8. The van der Waals surface area contributed by atoms with E-state index in [0.717, 1.165) is 51.4 Å². The molecule has 8 nitrogen and oxygen atoms in total. The number of amides is 4. The van der Waals surface area contributed by atoms with Gasteiger partial charge in [0.2, 0.25) is 23.6 Å². The minimum absolute atomic E-state index is 0.0469. The molecule has 0 spiro atoms. The van der Waals surface area contributed by atoms with Gasteiger partial charge in [0.1, 0.15) is 0 Å². The van der Waals surface area contributed by atoms with Crippen LogP contribution in [0.15, 0.2) is 0 Å². The highest BCUT2D eigenvalue weighted by Gasteiger charge is 2.45. The standard InChI is InChI=1S/C25H38N2O6/c1-17(27-23(29)13-19(25(27)31)16-33-21-10-6-3-7-11-21)14-26-22(28)12-18(24(26)30)15-32-20-8-4-2-5-9-20/h17-21H,2-16H2,1H3. The number of hydrogen-bond donors (Lipinski definition) is 0. The molecule has 2 aliphatic carbocycles. The van der Waals surface area contributed by atoms with Crippen LogP contribution in [0.4, 0.5) is 0 Å². The zero-order valence-electron chi connectivity index (χ0n) is 19.8. The summed E-state index contributed by atoms with van der Waals surface area (Å²) in [6.07, 6.45) is 11.7. The predicted octanol–water partition coefficient (Wildman–Crippen LogP) is 2.82. The van der Waals surface area contributed by atoms with Crippen LogP contribution >= 0.6 is 0 Å². The highest BCUT2D eigenvalue weighted by molar-refractivity contribution is 6.05. The van der Waals surface area contributed by atoms with Gasteiger partial charge < -0.3 is 9.47 Å². The number of carbonyl (C=O) groups is 4. The molecule has 2 saturated carbocycles. The van der Waals surface area contributed by atoms with Crippen LogP contribution < -0.4 is 0 Å². The van der Waals surface area contributed by atoms with Gasteiger partial charge in [0.25, 0.3) is 0 Å². The zero-order chi connectivity index (χ0) is 23.4. The highest BCUT2D eigenvalue weighted by atomic mass is 16.5. The van der Waals surface area contributed by atoms with E-state index in [1.54, 1.807) is 6.92 Å². The molecule has 2 heterocycles. The maximum atomic E-state index is 12.9. The molecule has 8 heteroatoms. The number of imide groups is 2. The van der Waals surface area contributed by atoms with E-state index in [4.69, 9.17) is 9.47 Å². The molecule has 0 N–H and O–H groups in total. The van der Waals surface area contributed by atoms with Crippen LogP contribution in [0.1, 0.15) is 84.0 Å². The molecule has 0 radical (unpaired) electrons. The fourth-order valence-electron chi connectivity index (χ4n) is 5.70. The van der Waals surface area contributed by atoms with E-state index < -0.39 is 17.9 Å². The molecule has 3 unspecified atom stereocenters. The minimum Gasteiger partial charge on any atom is -0.377 e. The van der Waals surface area contributed by atoms with Gasteiger partial charge in [0.05, 0.1) is 43.3 Å². The summed E-state index contributed by atoms with van der Waals surface area (Å²) in [6, 6.07) is -0.546. The SMILES string of the molecule is CC(CN1C(=O)CC(COC2CCCCC2)C1=O)N1C(=O)CC(COC2CCCCC2)C1=O. The summed E-state index contributed by atoms with van der Waals surface area (Å²) in [5.41, 5.74) is 0. The van der Waals surface area contributed by atoms with E-state index in [-0.39, 0.29) is 68.4 Å². The number of carbonyl (C=O) groups excluding carboxylic acids is 4. The topological polar surface area (TPSA) is 93.2 Å². The van der Waals surface area contributed by atoms with E-state index in [9.17, 15) is 19.2 Å². The third kappa shape index (κ3) is 5.83. The molecule has 0 aromatic heterocycles. The minimum atomic E-state index is -0.546. The fourth-order valence-corrected chi connectivity index (χ4v) is 5.70. The molecule has 0 bridgehead atoms. The van der Waals surface area contributed by atoms with Crippen molar-refractivity contribution in [2.24, 2.45) is 11.8 Å². The van der Waals surface area contributed by atoms with Gasteiger partial charge in [-0.25, -0.2) is 0 Å². The van der Waals surface area contributed by atoms with E-state index in [1.807, 2.05) is 0 Å². The lowest BCUT2D eigenvalue weighted by Crippen LogP contribution is -2.47. The molecule has 2 aliphatic heterocycles. The molecule has 33 heavy (non-hydrogen) atoms. The molecule has 0 aromatic carbocycles. The predicted molar refractivity (Wildman–Crippen MR) is 120 cm³/mol. The maximum absolute atomic E-state index is 12.9. The van der Waals surface area contributed by atoms with Gasteiger partial charge >= 0.3 is 0 Å². The van der Waals surface area contributed by atoms with Crippen LogP contribution in [-0.2, 0) is 28.7 Å². The van der Waals surface area contributed by atoms with Crippen molar-refractivity contribution in [1.82, 2.24) is 9.80 Å². The van der Waals surface area contributed by atoms with Crippen molar-refractivity contribution in [2.45, 2.75) is 102 Å². The van der Waals surface area contributed by atoms with Crippen molar-refractivity contribution < 1.29 is 28.7 Å². The molecule has 4 amide bonds. The lowest BCUT2D eigenvalue weighted by atomic mass is 9.97. The molecule has 4 rings (SSSR count). The smallest absolute Gasteiger partial charge is 0.235 e. The summed E-state index contributed by atoms with van der Waals surface area (Å²) in [5, 5.41) is 0. The molecule has 184 valence electrons. The van der Waals surface area contributed by atoms with Gasteiger partial charge in [-0.05, 0) is 32.6 Å². The number of rotatable bonds is 9. The van der Waals surface area contributed by atoms with Crippen molar-refractivity contribution in [2.75, 3.05) is 19.8 Å². The van der Waals surface area contributed by atoms with Gasteiger partial charge in [-0.1, -0.05) is 38.5 Å². The molecule has 4 aliphatic rings. The molecule has 4 fully saturated rings. The van der Waals surface area contributed by atoms with Gasteiger partial charge in [-0.2, -0.15) is 0 Å². The normalized spacial score (nSPS) is 28.9. The van der Waals surface area contributed by atoms with Crippen molar-refractivity contribution in [3.05, 3.63) is 0 Å². The molecule has 2 saturated heterocycles. The Morgan fingerprint density at radius 3 is 1.76 bits per heavy atom. The number of ether oxygens (including phenoxy) is 2. The third-order valence-electron chi connectivity index (χ3n) is 7.67. The van der Waals surface area contributed by atoms with Crippen molar-refractivity contribution in [3.8, 4) is 0 Å².